The molecule has 0 bridgehead atoms. The Morgan fingerprint density at radius 1 is 0.939 bits per heavy atom. The van der Waals surface area contributed by atoms with Crippen LogP contribution < -0.4 is 20.9 Å². The number of hydrogen-bond acceptors (Lipinski definition) is 4. The maximum Gasteiger partial charge on any atom is 0.319 e. The average Bonchev–Trinajstić information content (AvgIpc) is 2.86. The van der Waals surface area contributed by atoms with Gasteiger partial charge in [-0.05, 0) is 56.1 Å². The smallest absolute Gasteiger partial charge is 0.319 e. The highest BCUT2D eigenvalue weighted by Crippen LogP contribution is 2.27. The van der Waals surface area contributed by atoms with Crippen molar-refractivity contribution in [2.45, 2.75) is 39.7 Å². The van der Waals surface area contributed by atoms with Crippen LogP contribution in [-0.4, -0.2) is 56.1 Å². The van der Waals surface area contributed by atoms with Gasteiger partial charge >= 0.3 is 6.03 Å². The number of carbonyl (C=O) groups is 2. The molecule has 7 nitrogen and oxygen atoms in total. The fourth-order valence-corrected chi connectivity index (χ4v) is 4.12. The predicted molar refractivity (Wildman–Crippen MR) is 135 cm³/mol. The summed E-state index contributed by atoms with van der Waals surface area (Å²) in [6, 6.07) is 15.1. The Labute approximate surface area is 197 Å². The normalized spacial score (nSPS) is 13.6. The molecule has 0 saturated carbocycles. The van der Waals surface area contributed by atoms with Crippen LogP contribution in [0, 0.1) is 0 Å². The second-order valence-electron chi connectivity index (χ2n) is 8.36. The first-order valence-electron chi connectivity index (χ1n) is 12.1. The number of nitrogens with one attached hydrogen (secondary N) is 3. The third-order valence-electron chi connectivity index (χ3n) is 6.10. The summed E-state index contributed by atoms with van der Waals surface area (Å²) >= 11 is 0. The van der Waals surface area contributed by atoms with Crippen molar-refractivity contribution in [1.29, 1.82) is 0 Å². The van der Waals surface area contributed by atoms with Crippen LogP contribution in [0.3, 0.4) is 0 Å². The number of hydrogen-bond donors (Lipinski definition) is 3. The molecule has 7 heteroatoms. The topological polar surface area (TPSA) is 76.7 Å². The Balaban J connectivity index is 1.68. The van der Waals surface area contributed by atoms with Gasteiger partial charge < -0.3 is 25.8 Å². The number of amides is 3. The molecule has 2 aromatic rings. The molecule has 0 aliphatic carbocycles. The molecule has 3 N–H and O–H groups in total. The van der Waals surface area contributed by atoms with Gasteiger partial charge in [0.25, 0.3) is 5.91 Å². The van der Waals surface area contributed by atoms with Gasteiger partial charge in [-0.2, -0.15) is 0 Å². The van der Waals surface area contributed by atoms with Gasteiger partial charge in [0.2, 0.25) is 0 Å². The Morgan fingerprint density at radius 2 is 1.67 bits per heavy atom. The van der Waals surface area contributed by atoms with Crippen LogP contribution in [0.15, 0.2) is 48.5 Å². The average molecular weight is 452 g/mol. The molecule has 1 heterocycles. The number of anilines is 2. The molecule has 178 valence electrons. The fraction of sp³-hybridized carbons (Fsp3) is 0.462. The Hall–Kier alpha value is -3.06. The third kappa shape index (κ3) is 7.49. The van der Waals surface area contributed by atoms with Gasteiger partial charge in [-0.15, -0.1) is 0 Å². The van der Waals surface area contributed by atoms with Crippen LogP contribution in [0.4, 0.5) is 16.2 Å². The molecule has 1 aliphatic heterocycles. The van der Waals surface area contributed by atoms with Gasteiger partial charge in [0.05, 0.1) is 5.56 Å². The zero-order chi connectivity index (χ0) is 23.5. The molecule has 1 aliphatic rings. The molecular formula is C26H37N5O2. The first-order valence-corrected chi connectivity index (χ1v) is 12.1. The molecule has 0 aromatic heterocycles. The minimum absolute atomic E-state index is 0.101. The van der Waals surface area contributed by atoms with Crippen molar-refractivity contribution >= 4 is 23.3 Å². The molecule has 2 aromatic carbocycles. The molecule has 0 spiro atoms. The predicted octanol–water partition coefficient (Wildman–Crippen LogP) is 4.07. The molecule has 33 heavy (non-hydrogen) atoms. The fourth-order valence-electron chi connectivity index (χ4n) is 4.12. The first-order chi connectivity index (χ1) is 16.1. The minimum atomic E-state index is -0.294. The summed E-state index contributed by atoms with van der Waals surface area (Å²) in [6.07, 6.45) is 3.49. The summed E-state index contributed by atoms with van der Waals surface area (Å²) in [5.41, 5.74) is 3.18. The van der Waals surface area contributed by atoms with Crippen LogP contribution >= 0.6 is 0 Å². The van der Waals surface area contributed by atoms with Gasteiger partial charge in [0, 0.05) is 44.1 Å². The van der Waals surface area contributed by atoms with Crippen LogP contribution in [0.25, 0.3) is 0 Å². The van der Waals surface area contributed by atoms with Crippen LogP contribution in [0.2, 0.25) is 0 Å². The van der Waals surface area contributed by atoms with Crippen molar-refractivity contribution in [1.82, 2.24) is 15.5 Å². The van der Waals surface area contributed by atoms with Gasteiger partial charge in [-0.25, -0.2) is 4.79 Å². The maximum atomic E-state index is 13.1. The zero-order valence-electron chi connectivity index (χ0n) is 19.9. The molecule has 0 atom stereocenters. The van der Waals surface area contributed by atoms with E-state index in [1.807, 2.05) is 42.5 Å². The Bertz CT molecular complexity index is 893. The highest BCUT2D eigenvalue weighted by atomic mass is 16.2. The second kappa shape index (κ2) is 12.8. The van der Waals surface area contributed by atoms with Crippen molar-refractivity contribution in [3.05, 3.63) is 59.7 Å². The SMILES string of the molecule is CCN(CC)CCNC(=O)c1cc(NC(=O)NCc2ccccc2)ccc1N1CCCCC1. The zero-order valence-corrected chi connectivity index (χ0v) is 19.9. The summed E-state index contributed by atoms with van der Waals surface area (Å²) in [7, 11) is 0. The van der Waals surface area contributed by atoms with E-state index < -0.39 is 0 Å². The van der Waals surface area contributed by atoms with E-state index in [9.17, 15) is 9.59 Å². The van der Waals surface area contributed by atoms with E-state index in [0.29, 0.717) is 24.3 Å². The molecule has 0 radical (unpaired) electrons. The van der Waals surface area contributed by atoms with Crippen molar-refractivity contribution in [2.24, 2.45) is 0 Å². The standard InChI is InChI=1S/C26H37N5O2/c1-3-30(4-2)18-15-27-25(32)23-19-22(13-14-24(23)31-16-9-6-10-17-31)29-26(33)28-20-21-11-7-5-8-12-21/h5,7-8,11-14,19H,3-4,6,9-10,15-18,20H2,1-2H3,(H,27,32)(H2,28,29,33). The van der Waals surface area contributed by atoms with Crippen LogP contribution in [0.1, 0.15) is 49.0 Å². The summed E-state index contributed by atoms with van der Waals surface area (Å²) in [5, 5.41) is 8.81. The molecule has 1 fully saturated rings. The molecular weight excluding hydrogens is 414 g/mol. The van der Waals surface area contributed by atoms with Crippen LogP contribution in [-0.2, 0) is 6.54 Å². The molecule has 3 rings (SSSR count). The number of piperidine rings is 1. The van der Waals surface area contributed by atoms with Gasteiger partial charge in [0.15, 0.2) is 0 Å². The number of rotatable bonds is 10. The highest BCUT2D eigenvalue weighted by Gasteiger charge is 2.20. The van der Waals surface area contributed by atoms with E-state index in [1.165, 1.54) is 6.42 Å². The maximum absolute atomic E-state index is 13.1. The Kier molecular flexibility index (Phi) is 9.57. The van der Waals surface area contributed by atoms with Crippen molar-refractivity contribution < 1.29 is 9.59 Å². The highest BCUT2D eigenvalue weighted by molar-refractivity contribution is 6.02. The molecule has 3 amide bonds. The first kappa shape index (κ1) is 24.6. The summed E-state index contributed by atoms with van der Waals surface area (Å²) < 4.78 is 0. The summed E-state index contributed by atoms with van der Waals surface area (Å²) in [6.45, 7) is 9.92. The Morgan fingerprint density at radius 3 is 2.36 bits per heavy atom. The molecule has 1 saturated heterocycles. The lowest BCUT2D eigenvalue weighted by atomic mass is 10.1. The number of carbonyl (C=O) groups excluding carboxylic acids is 2. The van der Waals surface area contributed by atoms with E-state index in [1.54, 1.807) is 6.07 Å². The third-order valence-corrected chi connectivity index (χ3v) is 6.10. The van der Waals surface area contributed by atoms with E-state index in [-0.39, 0.29) is 11.9 Å². The van der Waals surface area contributed by atoms with Crippen molar-refractivity contribution in [3.8, 4) is 0 Å². The molecule has 0 unspecified atom stereocenters. The largest absolute Gasteiger partial charge is 0.371 e. The van der Waals surface area contributed by atoms with Gasteiger partial charge in [-0.1, -0.05) is 44.2 Å². The van der Waals surface area contributed by atoms with Crippen molar-refractivity contribution in [2.75, 3.05) is 49.5 Å². The monoisotopic (exact) mass is 451 g/mol. The number of urea groups is 1. The summed E-state index contributed by atoms with van der Waals surface area (Å²) in [5.74, 6) is -0.101. The van der Waals surface area contributed by atoms with Crippen molar-refractivity contribution in [3.63, 3.8) is 0 Å². The quantitative estimate of drug-likeness (QED) is 0.509. The lowest BCUT2D eigenvalue weighted by molar-refractivity contribution is 0.0949. The number of benzene rings is 2. The van der Waals surface area contributed by atoms with E-state index in [0.717, 1.165) is 56.8 Å². The lowest BCUT2D eigenvalue weighted by Gasteiger charge is -2.30. The number of nitrogens with zero attached hydrogens (tertiary/aromatic N) is 2. The van der Waals surface area contributed by atoms with Crippen LogP contribution in [0.5, 0.6) is 0 Å². The van der Waals surface area contributed by atoms with E-state index in [2.05, 4.69) is 39.6 Å². The van der Waals surface area contributed by atoms with Gasteiger partial charge in [-0.3, -0.25) is 4.79 Å². The number of likely N-dealkylation sites (N-methyl/N-ethyl adjacent to an activating group) is 1. The van der Waals surface area contributed by atoms with E-state index in [4.69, 9.17) is 0 Å². The van der Waals surface area contributed by atoms with Gasteiger partial charge in [0.1, 0.15) is 0 Å². The minimum Gasteiger partial charge on any atom is -0.371 e. The van der Waals surface area contributed by atoms with E-state index >= 15 is 0 Å². The lowest BCUT2D eigenvalue weighted by Crippen LogP contribution is -2.36. The second-order valence-corrected chi connectivity index (χ2v) is 8.36. The summed E-state index contributed by atoms with van der Waals surface area (Å²) in [4.78, 5) is 30.1.